The first-order valence-electron chi connectivity index (χ1n) is 9.14. The standard InChI is InChI=1S/C21H26N2O2/c1-2-10-23-11-8-21(9-12-23)14-19(22-15-17-7-13-24-16-17)18-5-3-4-6-20(18)25-21/h2-7,13,16,19,22H,1,8-12,14-15H2. The van der Waals surface area contributed by atoms with Crippen LogP contribution in [0, 0.1) is 0 Å². The molecule has 1 unspecified atom stereocenters. The number of likely N-dealkylation sites (tertiary alicyclic amines) is 1. The largest absolute Gasteiger partial charge is 0.487 e. The number of hydrogen-bond donors (Lipinski definition) is 1. The fraction of sp³-hybridized carbons (Fsp3) is 0.429. The SMILES string of the molecule is C=CCN1CCC2(CC1)CC(NCc1ccoc1)c1ccccc1O2. The zero-order valence-corrected chi connectivity index (χ0v) is 14.6. The van der Waals surface area contributed by atoms with E-state index in [0.717, 1.165) is 51.2 Å². The molecule has 4 nitrogen and oxygen atoms in total. The molecule has 0 bridgehead atoms. The van der Waals surface area contributed by atoms with Crippen LogP contribution in [0.25, 0.3) is 0 Å². The Balaban J connectivity index is 1.51. The molecule has 4 heteroatoms. The lowest BCUT2D eigenvalue weighted by atomic mass is 9.80. The Morgan fingerprint density at radius 3 is 2.84 bits per heavy atom. The molecule has 1 aromatic heterocycles. The van der Waals surface area contributed by atoms with Crippen molar-refractivity contribution in [2.24, 2.45) is 0 Å². The van der Waals surface area contributed by atoms with Crippen molar-refractivity contribution in [3.8, 4) is 5.75 Å². The number of nitrogens with zero attached hydrogens (tertiary/aromatic N) is 1. The van der Waals surface area contributed by atoms with Crippen LogP contribution < -0.4 is 10.1 Å². The van der Waals surface area contributed by atoms with Crippen molar-refractivity contribution < 1.29 is 9.15 Å². The average Bonchev–Trinajstić information content (AvgIpc) is 3.16. The topological polar surface area (TPSA) is 37.6 Å². The second-order valence-corrected chi connectivity index (χ2v) is 7.18. The highest BCUT2D eigenvalue weighted by atomic mass is 16.5. The van der Waals surface area contributed by atoms with E-state index in [4.69, 9.17) is 9.15 Å². The van der Waals surface area contributed by atoms with E-state index in [-0.39, 0.29) is 5.60 Å². The van der Waals surface area contributed by atoms with Gasteiger partial charge in [0.25, 0.3) is 0 Å². The first-order valence-corrected chi connectivity index (χ1v) is 9.14. The van der Waals surface area contributed by atoms with Gasteiger partial charge < -0.3 is 14.5 Å². The van der Waals surface area contributed by atoms with Crippen LogP contribution in [0.1, 0.15) is 36.4 Å². The molecule has 1 aromatic carbocycles. The van der Waals surface area contributed by atoms with Gasteiger partial charge in [0, 0.05) is 49.8 Å². The third-order valence-corrected chi connectivity index (χ3v) is 5.48. The maximum atomic E-state index is 6.54. The monoisotopic (exact) mass is 338 g/mol. The molecular formula is C21H26N2O2. The zero-order valence-electron chi connectivity index (χ0n) is 14.6. The summed E-state index contributed by atoms with van der Waals surface area (Å²) >= 11 is 0. The molecule has 0 radical (unpaired) electrons. The number of fused-ring (bicyclic) bond motifs is 1. The second kappa shape index (κ2) is 7.06. The molecule has 25 heavy (non-hydrogen) atoms. The van der Waals surface area contributed by atoms with Gasteiger partial charge in [-0.2, -0.15) is 0 Å². The Labute approximate surface area is 149 Å². The number of piperidine rings is 1. The Morgan fingerprint density at radius 2 is 2.08 bits per heavy atom. The van der Waals surface area contributed by atoms with E-state index in [0.29, 0.717) is 6.04 Å². The van der Waals surface area contributed by atoms with Gasteiger partial charge in [-0.05, 0) is 25.0 Å². The van der Waals surface area contributed by atoms with Gasteiger partial charge in [0.1, 0.15) is 11.4 Å². The van der Waals surface area contributed by atoms with E-state index >= 15 is 0 Å². The van der Waals surface area contributed by atoms with Crippen LogP contribution in [0.3, 0.4) is 0 Å². The lowest BCUT2D eigenvalue weighted by molar-refractivity contribution is -0.0232. The maximum absolute atomic E-state index is 6.54. The summed E-state index contributed by atoms with van der Waals surface area (Å²) in [4.78, 5) is 2.45. The fourth-order valence-corrected chi connectivity index (χ4v) is 4.07. The van der Waals surface area contributed by atoms with E-state index < -0.39 is 0 Å². The molecule has 132 valence electrons. The third-order valence-electron chi connectivity index (χ3n) is 5.48. The number of furan rings is 1. The lowest BCUT2D eigenvalue weighted by Gasteiger charge is -2.47. The van der Waals surface area contributed by atoms with Crippen LogP contribution in [0.5, 0.6) is 5.75 Å². The average molecular weight is 338 g/mol. The molecular weight excluding hydrogens is 312 g/mol. The molecule has 3 heterocycles. The van der Waals surface area contributed by atoms with Crippen LogP contribution in [-0.4, -0.2) is 30.1 Å². The first-order chi connectivity index (χ1) is 12.3. The van der Waals surface area contributed by atoms with Crippen molar-refractivity contribution in [3.63, 3.8) is 0 Å². The van der Waals surface area contributed by atoms with Crippen LogP contribution in [0.15, 0.2) is 59.9 Å². The van der Waals surface area contributed by atoms with E-state index in [2.05, 4.69) is 41.1 Å². The number of para-hydroxylation sites is 1. The zero-order chi connectivity index (χ0) is 17.1. The number of nitrogens with one attached hydrogen (secondary N) is 1. The molecule has 1 fully saturated rings. The smallest absolute Gasteiger partial charge is 0.124 e. The van der Waals surface area contributed by atoms with Gasteiger partial charge in [-0.15, -0.1) is 6.58 Å². The predicted octanol–water partition coefficient (Wildman–Crippen LogP) is 3.91. The van der Waals surface area contributed by atoms with Crippen molar-refractivity contribution in [2.45, 2.75) is 37.5 Å². The lowest BCUT2D eigenvalue weighted by Crippen LogP contribution is -2.51. The molecule has 0 amide bonds. The summed E-state index contributed by atoms with van der Waals surface area (Å²) in [6.07, 6.45) is 8.68. The summed E-state index contributed by atoms with van der Waals surface area (Å²) in [6.45, 7) is 7.78. The van der Waals surface area contributed by atoms with Gasteiger partial charge >= 0.3 is 0 Å². The van der Waals surface area contributed by atoms with E-state index in [1.54, 1.807) is 6.26 Å². The molecule has 1 spiro atoms. The summed E-state index contributed by atoms with van der Waals surface area (Å²) < 4.78 is 11.7. The van der Waals surface area contributed by atoms with Crippen LogP contribution in [-0.2, 0) is 6.54 Å². The van der Waals surface area contributed by atoms with Gasteiger partial charge in [0.2, 0.25) is 0 Å². The maximum Gasteiger partial charge on any atom is 0.124 e. The molecule has 2 aliphatic heterocycles. The third kappa shape index (κ3) is 3.51. The number of hydrogen-bond acceptors (Lipinski definition) is 4. The van der Waals surface area contributed by atoms with Crippen LogP contribution >= 0.6 is 0 Å². The molecule has 2 aromatic rings. The molecule has 0 aliphatic carbocycles. The molecule has 1 saturated heterocycles. The molecule has 1 N–H and O–H groups in total. The van der Waals surface area contributed by atoms with E-state index in [1.807, 2.05) is 18.4 Å². The first kappa shape index (κ1) is 16.4. The van der Waals surface area contributed by atoms with Gasteiger partial charge in [0.05, 0.1) is 12.5 Å². The molecule has 1 atom stereocenters. The Bertz CT molecular complexity index is 702. The van der Waals surface area contributed by atoms with Crippen molar-refractivity contribution >= 4 is 0 Å². The Kier molecular flexibility index (Phi) is 4.64. The van der Waals surface area contributed by atoms with Crippen LogP contribution in [0.4, 0.5) is 0 Å². The molecule has 2 aliphatic rings. The van der Waals surface area contributed by atoms with E-state index in [9.17, 15) is 0 Å². The van der Waals surface area contributed by atoms with Gasteiger partial charge in [-0.3, -0.25) is 4.90 Å². The molecule has 4 rings (SSSR count). The number of ether oxygens (including phenoxy) is 1. The number of benzene rings is 1. The minimum Gasteiger partial charge on any atom is -0.487 e. The van der Waals surface area contributed by atoms with Crippen molar-refractivity contribution in [3.05, 3.63) is 66.6 Å². The predicted molar refractivity (Wildman–Crippen MR) is 98.6 cm³/mol. The van der Waals surface area contributed by atoms with Crippen molar-refractivity contribution in [1.82, 2.24) is 10.2 Å². The summed E-state index contributed by atoms with van der Waals surface area (Å²) in [5.41, 5.74) is 2.39. The van der Waals surface area contributed by atoms with E-state index in [1.165, 1.54) is 11.1 Å². The normalized spacial score (nSPS) is 22.3. The summed E-state index contributed by atoms with van der Waals surface area (Å²) in [5, 5.41) is 3.72. The fourth-order valence-electron chi connectivity index (χ4n) is 4.07. The van der Waals surface area contributed by atoms with Crippen molar-refractivity contribution in [2.75, 3.05) is 19.6 Å². The molecule has 0 saturated carbocycles. The van der Waals surface area contributed by atoms with Crippen LogP contribution in [0.2, 0.25) is 0 Å². The Morgan fingerprint density at radius 1 is 1.24 bits per heavy atom. The van der Waals surface area contributed by atoms with Gasteiger partial charge in [-0.1, -0.05) is 24.3 Å². The van der Waals surface area contributed by atoms with Gasteiger partial charge in [-0.25, -0.2) is 0 Å². The summed E-state index contributed by atoms with van der Waals surface area (Å²) in [5.74, 6) is 1.04. The minimum absolute atomic E-state index is 0.0555. The number of rotatable bonds is 5. The Hall–Kier alpha value is -2.04. The minimum atomic E-state index is -0.0555. The van der Waals surface area contributed by atoms with Crippen molar-refractivity contribution in [1.29, 1.82) is 0 Å². The quantitative estimate of drug-likeness (QED) is 0.839. The second-order valence-electron chi connectivity index (χ2n) is 7.18. The summed E-state index contributed by atoms with van der Waals surface area (Å²) in [6, 6.07) is 10.8. The van der Waals surface area contributed by atoms with Gasteiger partial charge in [0.15, 0.2) is 0 Å². The highest BCUT2D eigenvalue weighted by Crippen LogP contribution is 2.44. The highest BCUT2D eigenvalue weighted by molar-refractivity contribution is 5.39. The highest BCUT2D eigenvalue weighted by Gasteiger charge is 2.42. The summed E-state index contributed by atoms with van der Waals surface area (Å²) in [7, 11) is 0.